The largest absolute Gasteiger partial charge is 0.383 e. The van der Waals surface area contributed by atoms with Gasteiger partial charge in [-0.25, -0.2) is 0 Å². The van der Waals surface area contributed by atoms with E-state index in [-0.39, 0.29) is 11.9 Å². The van der Waals surface area contributed by atoms with Crippen molar-refractivity contribution in [1.29, 1.82) is 0 Å². The minimum atomic E-state index is -0.629. The van der Waals surface area contributed by atoms with E-state index in [1.807, 2.05) is 55.6 Å². The number of carbonyl (C=O) groups excluding carboxylic acids is 1. The first-order chi connectivity index (χ1) is 12.6. The second-order valence-electron chi connectivity index (χ2n) is 6.19. The first-order valence-electron chi connectivity index (χ1n) is 8.76. The van der Waals surface area contributed by atoms with Crippen molar-refractivity contribution in [1.82, 2.24) is 5.32 Å². The van der Waals surface area contributed by atoms with Gasteiger partial charge >= 0.3 is 0 Å². The fourth-order valence-corrected chi connectivity index (χ4v) is 2.79. The number of thioether (sulfide) groups is 1. The van der Waals surface area contributed by atoms with Crippen molar-refractivity contribution < 1.29 is 9.63 Å². The maximum Gasteiger partial charge on any atom is 0.263 e. The van der Waals surface area contributed by atoms with E-state index in [0.717, 1.165) is 18.4 Å². The van der Waals surface area contributed by atoms with Gasteiger partial charge in [0.05, 0.1) is 6.21 Å². The van der Waals surface area contributed by atoms with Crippen molar-refractivity contribution in [3.63, 3.8) is 0 Å². The van der Waals surface area contributed by atoms with E-state index >= 15 is 0 Å². The van der Waals surface area contributed by atoms with Crippen LogP contribution in [0.5, 0.6) is 0 Å². The van der Waals surface area contributed by atoms with Crippen molar-refractivity contribution >= 4 is 23.9 Å². The van der Waals surface area contributed by atoms with Gasteiger partial charge in [0.15, 0.2) is 0 Å². The van der Waals surface area contributed by atoms with E-state index in [2.05, 4.69) is 22.6 Å². The highest BCUT2D eigenvalue weighted by atomic mass is 32.2. The Bertz CT molecular complexity index is 702. The van der Waals surface area contributed by atoms with E-state index in [1.165, 1.54) is 10.5 Å². The van der Waals surface area contributed by atoms with Gasteiger partial charge in [-0.1, -0.05) is 47.6 Å². The molecule has 0 aromatic heterocycles. The van der Waals surface area contributed by atoms with Gasteiger partial charge in [0.25, 0.3) is 5.91 Å². The first-order valence-corrected chi connectivity index (χ1v) is 9.98. The van der Waals surface area contributed by atoms with Gasteiger partial charge in [0.1, 0.15) is 0 Å². The van der Waals surface area contributed by atoms with Gasteiger partial charge in [-0.2, -0.15) is 0 Å². The molecule has 2 aromatic rings. The predicted molar refractivity (Wildman–Crippen MR) is 109 cm³/mol. The van der Waals surface area contributed by atoms with Crippen LogP contribution in [0.1, 0.15) is 31.4 Å². The molecule has 2 unspecified atom stereocenters. The Labute approximate surface area is 160 Å². The molecule has 0 radical (unpaired) electrons. The Kier molecular flexibility index (Phi) is 8.22. The molecule has 0 aliphatic rings. The van der Waals surface area contributed by atoms with Gasteiger partial charge in [-0.3, -0.25) is 4.79 Å². The summed E-state index contributed by atoms with van der Waals surface area (Å²) in [6.45, 7) is 3.71. The third-order valence-electron chi connectivity index (χ3n) is 4.00. The summed E-state index contributed by atoms with van der Waals surface area (Å²) >= 11 is 1.69. The topological polar surface area (TPSA) is 50.7 Å². The summed E-state index contributed by atoms with van der Waals surface area (Å²) in [7, 11) is 0. The van der Waals surface area contributed by atoms with Crippen LogP contribution in [0.4, 0.5) is 0 Å². The van der Waals surface area contributed by atoms with Crippen LogP contribution in [0.15, 0.2) is 64.6 Å². The lowest BCUT2D eigenvalue weighted by molar-refractivity contribution is -0.132. The molecule has 0 spiro atoms. The minimum absolute atomic E-state index is 0.0804. The van der Waals surface area contributed by atoms with Crippen LogP contribution in [-0.4, -0.2) is 30.5 Å². The second kappa shape index (κ2) is 10.7. The molecule has 5 heteroatoms. The van der Waals surface area contributed by atoms with Crippen LogP contribution >= 0.6 is 11.8 Å². The van der Waals surface area contributed by atoms with Crippen LogP contribution in [-0.2, 0) is 16.1 Å². The van der Waals surface area contributed by atoms with Crippen molar-refractivity contribution in [3.05, 3.63) is 65.7 Å². The van der Waals surface area contributed by atoms with Gasteiger partial charge in [-0.15, -0.1) is 11.8 Å². The molecule has 2 rings (SSSR count). The quantitative estimate of drug-likeness (QED) is 0.407. The Morgan fingerprint density at radius 3 is 2.50 bits per heavy atom. The first kappa shape index (κ1) is 20.0. The summed E-state index contributed by atoms with van der Waals surface area (Å²) < 4.78 is 0. The maximum atomic E-state index is 12.2. The van der Waals surface area contributed by atoms with E-state index < -0.39 is 6.10 Å². The van der Waals surface area contributed by atoms with Crippen LogP contribution in [0.25, 0.3) is 0 Å². The molecule has 0 bridgehead atoms. The number of carbonyl (C=O) groups is 1. The van der Waals surface area contributed by atoms with Crippen molar-refractivity contribution in [2.24, 2.45) is 5.16 Å². The molecule has 1 amide bonds. The average molecular weight is 371 g/mol. The fraction of sp³-hybridized carbons (Fsp3) is 0.333. The molecule has 2 aromatic carbocycles. The summed E-state index contributed by atoms with van der Waals surface area (Å²) in [6, 6.07) is 18.3. The molecule has 0 fully saturated rings. The predicted octanol–water partition coefficient (Wildman–Crippen LogP) is 4.29. The standard InChI is InChI=1S/C21H26N2O2S/c1-16(9-10-18-7-5-4-6-8-18)23-21(24)17(2)25-22-15-19-11-13-20(26-3)14-12-19/h4-8,11-17H,9-10H2,1-3H3,(H,23,24). The minimum Gasteiger partial charge on any atom is -0.383 e. The number of nitrogens with one attached hydrogen (secondary N) is 1. The maximum absolute atomic E-state index is 12.2. The SMILES string of the molecule is CSc1ccc(C=NOC(C)C(=O)NC(C)CCc2ccccc2)cc1. The van der Waals surface area contributed by atoms with Crippen molar-refractivity contribution in [3.8, 4) is 0 Å². The zero-order chi connectivity index (χ0) is 18.8. The highest BCUT2D eigenvalue weighted by Crippen LogP contribution is 2.14. The summed E-state index contributed by atoms with van der Waals surface area (Å²) in [5, 5.41) is 6.90. The smallest absolute Gasteiger partial charge is 0.263 e. The van der Waals surface area contributed by atoms with Gasteiger partial charge in [-0.05, 0) is 56.2 Å². The number of aryl methyl sites for hydroxylation is 1. The summed E-state index contributed by atoms with van der Waals surface area (Å²) in [5.41, 5.74) is 2.21. The molecular formula is C21H26N2O2S. The summed E-state index contributed by atoms with van der Waals surface area (Å²) in [6.07, 6.45) is 4.84. The summed E-state index contributed by atoms with van der Waals surface area (Å²) in [4.78, 5) is 18.7. The zero-order valence-corrected chi connectivity index (χ0v) is 16.3. The molecule has 4 nitrogen and oxygen atoms in total. The Morgan fingerprint density at radius 2 is 1.85 bits per heavy atom. The number of amides is 1. The zero-order valence-electron chi connectivity index (χ0n) is 15.5. The molecule has 0 aliphatic heterocycles. The molecular weight excluding hydrogens is 344 g/mol. The summed E-state index contributed by atoms with van der Waals surface area (Å²) in [5.74, 6) is -0.152. The average Bonchev–Trinajstić information content (AvgIpc) is 2.67. The van der Waals surface area contributed by atoms with Gasteiger partial charge < -0.3 is 10.2 Å². The van der Waals surface area contributed by atoms with Crippen LogP contribution < -0.4 is 5.32 Å². The number of rotatable bonds is 9. The lowest BCUT2D eigenvalue weighted by atomic mass is 10.1. The second-order valence-corrected chi connectivity index (χ2v) is 7.07. The molecule has 0 saturated heterocycles. The number of hydrogen-bond acceptors (Lipinski definition) is 4. The third kappa shape index (κ3) is 6.92. The van der Waals surface area contributed by atoms with E-state index in [9.17, 15) is 4.79 Å². The third-order valence-corrected chi connectivity index (χ3v) is 4.75. The number of hydrogen-bond donors (Lipinski definition) is 1. The number of oxime groups is 1. The fourth-order valence-electron chi connectivity index (χ4n) is 2.38. The molecule has 26 heavy (non-hydrogen) atoms. The number of nitrogens with zero attached hydrogens (tertiary/aromatic N) is 1. The molecule has 138 valence electrons. The van der Waals surface area contributed by atoms with Crippen LogP contribution in [0, 0.1) is 0 Å². The lowest BCUT2D eigenvalue weighted by Gasteiger charge is -2.16. The Morgan fingerprint density at radius 1 is 1.15 bits per heavy atom. The van der Waals surface area contributed by atoms with E-state index in [4.69, 9.17) is 4.84 Å². The molecule has 0 aliphatic carbocycles. The van der Waals surface area contributed by atoms with Gasteiger partial charge in [0, 0.05) is 10.9 Å². The highest BCUT2D eigenvalue weighted by Gasteiger charge is 2.16. The molecule has 1 N–H and O–H groups in total. The molecule has 2 atom stereocenters. The molecule has 0 heterocycles. The lowest BCUT2D eigenvalue weighted by Crippen LogP contribution is -2.39. The molecule has 0 saturated carbocycles. The Hall–Kier alpha value is -2.27. The van der Waals surface area contributed by atoms with Crippen molar-refractivity contribution in [2.75, 3.05) is 6.26 Å². The van der Waals surface area contributed by atoms with Crippen LogP contribution in [0.2, 0.25) is 0 Å². The normalized spacial score (nSPS) is 13.3. The van der Waals surface area contributed by atoms with Crippen LogP contribution in [0.3, 0.4) is 0 Å². The van der Waals surface area contributed by atoms with Crippen molar-refractivity contribution in [2.45, 2.75) is 43.7 Å². The highest BCUT2D eigenvalue weighted by molar-refractivity contribution is 7.98. The van der Waals surface area contributed by atoms with E-state index in [1.54, 1.807) is 24.9 Å². The monoisotopic (exact) mass is 370 g/mol. The Balaban J connectivity index is 1.72. The number of benzene rings is 2. The van der Waals surface area contributed by atoms with Gasteiger partial charge in [0.2, 0.25) is 6.10 Å². The van der Waals surface area contributed by atoms with E-state index in [0.29, 0.717) is 0 Å².